The molecule has 0 aliphatic carbocycles. The molecule has 2 amide bonds. The number of benzene rings is 2. The van der Waals surface area contributed by atoms with Crippen LogP contribution in [-0.4, -0.2) is 34.2 Å². The number of nitrogens with zero attached hydrogens (tertiary/aromatic N) is 2. The molecule has 0 saturated carbocycles. The molecule has 3 aromatic rings. The van der Waals surface area contributed by atoms with Gasteiger partial charge in [-0.25, -0.2) is 4.68 Å². The van der Waals surface area contributed by atoms with Crippen LogP contribution in [0.5, 0.6) is 0 Å². The zero-order chi connectivity index (χ0) is 23.1. The van der Waals surface area contributed by atoms with Crippen molar-refractivity contribution >= 4 is 35.0 Å². The molecule has 0 spiro atoms. The maximum absolute atomic E-state index is 12.8. The topological polar surface area (TPSA) is 76.0 Å². The number of hydrogen-bond donors (Lipinski definition) is 2. The number of carbonyl (C=O) groups excluding carboxylic acids is 2. The van der Waals surface area contributed by atoms with Crippen LogP contribution in [0.15, 0.2) is 60.8 Å². The summed E-state index contributed by atoms with van der Waals surface area (Å²) in [5.74, 6) is -0.429. The van der Waals surface area contributed by atoms with E-state index in [1.807, 2.05) is 56.4 Å². The number of rotatable bonds is 9. The third kappa shape index (κ3) is 6.58. The molecule has 0 fully saturated rings. The molecule has 1 aromatic heterocycles. The van der Waals surface area contributed by atoms with Gasteiger partial charge in [-0.1, -0.05) is 55.2 Å². The van der Waals surface area contributed by atoms with Crippen molar-refractivity contribution in [3.8, 4) is 5.69 Å². The molecule has 2 N–H and O–H groups in total. The summed E-state index contributed by atoms with van der Waals surface area (Å²) in [4.78, 5) is 25.5. The Hall–Kier alpha value is -2.83. The van der Waals surface area contributed by atoms with E-state index in [-0.39, 0.29) is 22.4 Å². The van der Waals surface area contributed by atoms with Crippen LogP contribution in [0.3, 0.4) is 0 Å². The first-order valence-corrected chi connectivity index (χ1v) is 11.2. The zero-order valence-corrected chi connectivity index (χ0v) is 19.5. The lowest BCUT2D eigenvalue weighted by Crippen LogP contribution is -2.47. The maximum atomic E-state index is 12.8. The molecule has 1 unspecified atom stereocenters. The molecule has 0 radical (unpaired) electrons. The number of nitrogens with one attached hydrogen (secondary N) is 2. The first-order chi connectivity index (χ1) is 15.3. The highest BCUT2D eigenvalue weighted by atomic mass is 35.5. The number of halogens is 2. The predicted octanol–water partition coefficient (Wildman–Crippen LogP) is 4.68. The summed E-state index contributed by atoms with van der Waals surface area (Å²) in [5, 5.41) is 10.9. The number of para-hydroxylation sites is 1. The van der Waals surface area contributed by atoms with Gasteiger partial charge in [0.1, 0.15) is 6.04 Å². The van der Waals surface area contributed by atoms with E-state index in [0.717, 1.165) is 11.4 Å². The van der Waals surface area contributed by atoms with Crippen molar-refractivity contribution in [1.29, 1.82) is 0 Å². The summed E-state index contributed by atoms with van der Waals surface area (Å²) in [6.07, 6.45) is 2.98. The van der Waals surface area contributed by atoms with Crippen molar-refractivity contribution in [2.75, 3.05) is 6.54 Å². The minimum atomic E-state index is -0.670. The van der Waals surface area contributed by atoms with Crippen LogP contribution in [0, 0.1) is 5.92 Å². The molecule has 1 atom stereocenters. The van der Waals surface area contributed by atoms with Crippen LogP contribution >= 0.6 is 23.2 Å². The fourth-order valence-corrected chi connectivity index (χ4v) is 3.76. The second-order valence-electron chi connectivity index (χ2n) is 7.91. The molecule has 0 bridgehead atoms. The Morgan fingerprint density at radius 2 is 1.81 bits per heavy atom. The van der Waals surface area contributed by atoms with Crippen molar-refractivity contribution in [3.63, 3.8) is 0 Å². The summed E-state index contributed by atoms with van der Waals surface area (Å²) in [6.45, 7) is 4.41. The Morgan fingerprint density at radius 1 is 1.06 bits per heavy atom. The molecule has 168 valence electrons. The monoisotopic (exact) mass is 472 g/mol. The fourth-order valence-electron chi connectivity index (χ4n) is 3.27. The van der Waals surface area contributed by atoms with Gasteiger partial charge in [-0.2, -0.15) is 5.10 Å². The zero-order valence-electron chi connectivity index (χ0n) is 18.0. The van der Waals surface area contributed by atoms with E-state index in [1.54, 1.807) is 16.8 Å². The highest BCUT2D eigenvalue weighted by Crippen LogP contribution is 2.21. The Kier molecular flexibility index (Phi) is 8.31. The van der Waals surface area contributed by atoms with Crippen molar-refractivity contribution < 1.29 is 9.59 Å². The van der Waals surface area contributed by atoms with E-state index < -0.39 is 11.9 Å². The van der Waals surface area contributed by atoms with E-state index in [1.165, 1.54) is 6.07 Å². The normalized spacial score (nSPS) is 11.9. The summed E-state index contributed by atoms with van der Waals surface area (Å²) < 4.78 is 1.80. The van der Waals surface area contributed by atoms with E-state index >= 15 is 0 Å². The third-order valence-corrected chi connectivity index (χ3v) is 5.40. The number of aromatic nitrogens is 2. The van der Waals surface area contributed by atoms with Gasteiger partial charge in [-0.05, 0) is 48.7 Å². The molecule has 0 aliphatic rings. The Labute approximate surface area is 197 Å². The second kappa shape index (κ2) is 11.2. The van der Waals surface area contributed by atoms with Crippen molar-refractivity contribution in [2.24, 2.45) is 5.92 Å². The third-order valence-electron chi connectivity index (χ3n) is 4.85. The number of hydrogen-bond acceptors (Lipinski definition) is 3. The molecule has 32 heavy (non-hydrogen) atoms. The van der Waals surface area contributed by atoms with Crippen molar-refractivity contribution in [1.82, 2.24) is 20.4 Å². The molecule has 6 nitrogen and oxygen atoms in total. The van der Waals surface area contributed by atoms with Crippen LogP contribution in [0.1, 0.15) is 36.3 Å². The summed E-state index contributed by atoms with van der Waals surface area (Å²) >= 11 is 12.0. The van der Waals surface area contributed by atoms with E-state index in [4.69, 9.17) is 23.2 Å². The van der Waals surface area contributed by atoms with Gasteiger partial charge >= 0.3 is 0 Å². The van der Waals surface area contributed by atoms with E-state index in [0.29, 0.717) is 24.4 Å². The van der Waals surface area contributed by atoms with Crippen molar-refractivity contribution in [3.05, 3.63) is 82.1 Å². The minimum absolute atomic E-state index is 0.216. The van der Waals surface area contributed by atoms with Gasteiger partial charge in [0.15, 0.2) is 0 Å². The van der Waals surface area contributed by atoms with Gasteiger partial charge in [-0.15, -0.1) is 0 Å². The van der Waals surface area contributed by atoms with Crippen LogP contribution in [0.2, 0.25) is 10.0 Å². The average molecular weight is 473 g/mol. The lowest BCUT2D eigenvalue weighted by atomic mass is 10.0. The lowest BCUT2D eigenvalue weighted by molar-refractivity contribution is -0.123. The molecule has 8 heteroatoms. The molecular weight excluding hydrogens is 447 g/mol. The smallest absolute Gasteiger partial charge is 0.253 e. The summed E-state index contributed by atoms with van der Waals surface area (Å²) in [6, 6.07) is 15.7. The van der Waals surface area contributed by atoms with Crippen LogP contribution in [0.25, 0.3) is 5.69 Å². The van der Waals surface area contributed by atoms with Gasteiger partial charge < -0.3 is 10.6 Å². The molecule has 3 rings (SSSR count). The fraction of sp³-hybridized carbons (Fsp3) is 0.292. The molecular formula is C24H26Cl2N4O2. The van der Waals surface area contributed by atoms with Gasteiger partial charge in [0.25, 0.3) is 5.91 Å². The SMILES string of the molecule is CC(C)CC(NC(=O)c1ccc(Cl)cc1Cl)C(=O)NCCc1ccn(-c2ccccc2)n1. The highest BCUT2D eigenvalue weighted by Gasteiger charge is 2.23. The van der Waals surface area contributed by atoms with Gasteiger partial charge in [0, 0.05) is 24.2 Å². The Bertz CT molecular complexity index is 1070. The first kappa shape index (κ1) is 23.8. The Balaban J connectivity index is 1.57. The van der Waals surface area contributed by atoms with Gasteiger partial charge in [0.2, 0.25) is 5.91 Å². The molecule has 0 saturated heterocycles. The van der Waals surface area contributed by atoms with Crippen molar-refractivity contribution in [2.45, 2.75) is 32.7 Å². The van der Waals surface area contributed by atoms with Crippen LogP contribution in [0.4, 0.5) is 0 Å². The predicted molar refractivity (Wildman–Crippen MR) is 127 cm³/mol. The highest BCUT2D eigenvalue weighted by molar-refractivity contribution is 6.36. The minimum Gasteiger partial charge on any atom is -0.354 e. The lowest BCUT2D eigenvalue weighted by Gasteiger charge is -2.20. The first-order valence-electron chi connectivity index (χ1n) is 10.5. The van der Waals surface area contributed by atoms with Crippen LogP contribution in [-0.2, 0) is 11.2 Å². The van der Waals surface area contributed by atoms with E-state index in [9.17, 15) is 9.59 Å². The van der Waals surface area contributed by atoms with Gasteiger partial charge in [-0.3, -0.25) is 9.59 Å². The summed E-state index contributed by atoms with van der Waals surface area (Å²) in [5.41, 5.74) is 2.12. The standard InChI is InChI=1S/C24H26Cl2N4O2/c1-16(2)14-22(28-23(31)20-9-8-17(25)15-21(20)26)24(32)27-12-10-18-11-13-30(29-18)19-6-4-3-5-7-19/h3-9,11,13,15-16,22H,10,12,14H2,1-2H3,(H,27,32)(H,28,31). The maximum Gasteiger partial charge on any atom is 0.253 e. The largest absolute Gasteiger partial charge is 0.354 e. The molecule has 2 aromatic carbocycles. The quantitative estimate of drug-likeness (QED) is 0.474. The summed E-state index contributed by atoms with van der Waals surface area (Å²) in [7, 11) is 0. The number of carbonyl (C=O) groups is 2. The van der Waals surface area contributed by atoms with Crippen LogP contribution < -0.4 is 10.6 Å². The molecule has 1 heterocycles. The number of amides is 2. The average Bonchev–Trinajstić information content (AvgIpc) is 3.22. The Morgan fingerprint density at radius 3 is 2.50 bits per heavy atom. The van der Waals surface area contributed by atoms with Gasteiger partial charge in [0.05, 0.1) is 22.0 Å². The second-order valence-corrected chi connectivity index (χ2v) is 8.75. The molecule has 0 aliphatic heterocycles. The van der Waals surface area contributed by atoms with E-state index in [2.05, 4.69) is 15.7 Å².